The van der Waals surface area contributed by atoms with Crippen molar-refractivity contribution in [3.05, 3.63) is 0 Å². The zero-order valence-electron chi connectivity index (χ0n) is 8.61. The number of nitrogens with two attached hydrogens (primary N) is 1. The van der Waals surface area contributed by atoms with Crippen LogP contribution in [0.3, 0.4) is 0 Å². The summed E-state index contributed by atoms with van der Waals surface area (Å²) < 4.78 is 0. The Labute approximate surface area is 84.4 Å². The van der Waals surface area contributed by atoms with E-state index in [1.54, 1.807) is 0 Å². The van der Waals surface area contributed by atoms with E-state index in [9.17, 15) is 9.59 Å². The Morgan fingerprint density at radius 1 is 1.57 bits per heavy atom. The molecule has 14 heavy (non-hydrogen) atoms. The Morgan fingerprint density at radius 2 is 2.14 bits per heavy atom. The summed E-state index contributed by atoms with van der Waals surface area (Å²) in [4.78, 5) is 23.5. The van der Waals surface area contributed by atoms with Crippen molar-refractivity contribution < 1.29 is 9.59 Å². The van der Waals surface area contributed by atoms with Crippen molar-refractivity contribution in [2.75, 3.05) is 13.1 Å². The number of hydrogen-bond donors (Lipinski definition) is 1. The molecule has 0 aromatic rings. The van der Waals surface area contributed by atoms with Gasteiger partial charge in [-0.15, -0.1) is 0 Å². The van der Waals surface area contributed by atoms with Crippen molar-refractivity contribution in [1.29, 1.82) is 0 Å². The van der Waals surface area contributed by atoms with Crippen LogP contribution in [0.15, 0.2) is 0 Å². The molecule has 4 heteroatoms. The number of hydrogen-bond acceptors (Lipinski definition) is 3. The standard InChI is InChI=1S/C10H18N2O2/c1-8-2-5-12(6-3-8)9(4-7-13)10(11)14/h7-9H,2-6H2,1H3,(H2,11,14). The molecule has 1 amide bonds. The van der Waals surface area contributed by atoms with Gasteiger partial charge in [-0.25, -0.2) is 0 Å². The predicted molar refractivity (Wildman–Crippen MR) is 53.6 cm³/mol. The Hall–Kier alpha value is -0.900. The Morgan fingerprint density at radius 3 is 2.57 bits per heavy atom. The van der Waals surface area contributed by atoms with Crippen LogP contribution in [0, 0.1) is 5.92 Å². The summed E-state index contributed by atoms with van der Waals surface area (Å²) in [6.45, 7) is 3.96. The van der Waals surface area contributed by atoms with Gasteiger partial charge in [0.1, 0.15) is 6.29 Å². The van der Waals surface area contributed by atoms with Gasteiger partial charge in [0.25, 0.3) is 0 Å². The van der Waals surface area contributed by atoms with Crippen LogP contribution in [0.25, 0.3) is 0 Å². The third kappa shape index (κ3) is 2.80. The second-order valence-electron chi connectivity index (χ2n) is 4.04. The van der Waals surface area contributed by atoms with Gasteiger partial charge < -0.3 is 10.5 Å². The van der Waals surface area contributed by atoms with Gasteiger partial charge >= 0.3 is 0 Å². The van der Waals surface area contributed by atoms with Crippen LogP contribution < -0.4 is 5.73 Å². The van der Waals surface area contributed by atoms with Crippen LogP contribution in [0.4, 0.5) is 0 Å². The number of likely N-dealkylation sites (tertiary alicyclic amines) is 1. The summed E-state index contributed by atoms with van der Waals surface area (Å²) in [6.07, 6.45) is 3.17. The minimum absolute atomic E-state index is 0.226. The van der Waals surface area contributed by atoms with Crippen molar-refractivity contribution in [3.63, 3.8) is 0 Å². The number of amides is 1. The van der Waals surface area contributed by atoms with Gasteiger partial charge in [-0.3, -0.25) is 9.69 Å². The van der Waals surface area contributed by atoms with Crippen LogP contribution >= 0.6 is 0 Å². The zero-order chi connectivity index (χ0) is 10.6. The zero-order valence-corrected chi connectivity index (χ0v) is 8.61. The lowest BCUT2D eigenvalue weighted by atomic mass is 9.97. The fourth-order valence-electron chi connectivity index (χ4n) is 1.88. The van der Waals surface area contributed by atoms with E-state index in [1.807, 2.05) is 4.90 Å². The molecule has 0 saturated carbocycles. The van der Waals surface area contributed by atoms with Crippen molar-refractivity contribution in [3.8, 4) is 0 Å². The van der Waals surface area contributed by atoms with E-state index >= 15 is 0 Å². The van der Waals surface area contributed by atoms with E-state index < -0.39 is 0 Å². The van der Waals surface area contributed by atoms with Gasteiger partial charge in [0.05, 0.1) is 6.04 Å². The molecule has 1 aliphatic heterocycles. The first kappa shape index (κ1) is 11.2. The number of carbonyl (C=O) groups is 2. The van der Waals surface area contributed by atoms with Crippen LogP contribution in [-0.2, 0) is 9.59 Å². The maximum Gasteiger partial charge on any atom is 0.235 e. The fourth-order valence-corrected chi connectivity index (χ4v) is 1.88. The molecule has 4 nitrogen and oxygen atoms in total. The highest BCUT2D eigenvalue weighted by Crippen LogP contribution is 2.18. The molecule has 0 aromatic carbocycles. The maximum atomic E-state index is 11.1. The molecule has 1 fully saturated rings. The largest absolute Gasteiger partial charge is 0.368 e. The average molecular weight is 198 g/mol. The highest BCUT2D eigenvalue weighted by molar-refractivity contribution is 5.82. The van der Waals surface area contributed by atoms with E-state index in [0.717, 1.165) is 38.1 Å². The van der Waals surface area contributed by atoms with Gasteiger partial charge in [-0.05, 0) is 31.8 Å². The molecule has 0 radical (unpaired) electrons. The van der Waals surface area contributed by atoms with Gasteiger partial charge in [0, 0.05) is 6.42 Å². The normalized spacial score (nSPS) is 21.8. The second-order valence-corrected chi connectivity index (χ2v) is 4.04. The number of nitrogens with zero attached hydrogens (tertiary/aromatic N) is 1. The van der Waals surface area contributed by atoms with Gasteiger partial charge in [0.15, 0.2) is 0 Å². The lowest BCUT2D eigenvalue weighted by molar-refractivity contribution is -0.126. The second kappa shape index (κ2) is 5.10. The molecule has 0 aliphatic carbocycles. The third-order valence-corrected chi connectivity index (χ3v) is 2.91. The van der Waals surface area contributed by atoms with E-state index in [4.69, 9.17) is 5.73 Å². The first-order valence-corrected chi connectivity index (χ1v) is 5.12. The molecule has 1 aliphatic rings. The minimum Gasteiger partial charge on any atom is -0.368 e. The predicted octanol–water partition coefficient (Wildman–Crippen LogP) is 0.161. The lowest BCUT2D eigenvalue weighted by Gasteiger charge is -2.34. The quantitative estimate of drug-likeness (QED) is 0.654. The van der Waals surface area contributed by atoms with Crippen LogP contribution in [0.5, 0.6) is 0 Å². The van der Waals surface area contributed by atoms with E-state index in [0.29, 0.717) is 0 Å². The number of aldehydes is 1. The van der Waals surface area contributed by atoms with E-state index in [2.05, 4.69) is 6.92 Å². The molecule has 1 heterocycles. The minimum atomic E-state index is -0.389. The van der Waals surface area contributed by atoms with Gasteiger partial charge in [-0.2, -0.15) is 0 Å². The highest BCUT2D eigenvalue weighted by atomic mass is 16.1. The molecule has 80 valence electrons. The summed E-state index contributed by atoms with van der Waals surface area (Å²) in [7, 11) is 0. The van der Waals surface area contributed by atoms with Gasteiger partial charge in [-0.1, -0.05) is 6.92 Å². The van der Waals surface area contributed by atoms with Crippen molar-refractivity contribution >= 4 is 12.2 Å². The topological polar surface area (TPSA) is 63.4 Å². The summed E-state index contributed by atoms with van der Waals surface area (Å²) in [5.74, 6) is 0.336. The monoisotopic (exact) mass is 198 g/mol. The Bertz CT molecular complexity index is 210. The molecule has 0 bridgehead atoms. The molecule has 2 N–H and O–H groups in total. The molecule has 1 unspecified atom stereocenters. The Balaban J connectivity index is 2.51. The summed E-state index contributed by atoms with van der Waals surface area (Å²) >= 11 is 0. The van der Waals surface area contributed by atoms with Crippen LogP contribution in [0.2, 0.25) is 0 Å². The molecule has 1 saturated heterocycles. The molecule has 0 spiro atoms. The summed E-state index contributed by atoms with van der Waals surface area (Å²) in [6, 6.07) is -0.389. The van der Waals surface area contributed by atoms with Crippen LogP contribution in [-0.4, -0.2) is 36.2 Å². The fraction of sp³-hybridized carbons (Fsp3) is 0.800. The highest BCUT2D eigenvalue weighted by Gasteiger charge is 2.26. The molecular weight excluding hydrogens is 180 g/mol. The lowest BCUT2D eigenvalue weighted by Crippen LogP contribution is -2.48. The van der Waals surface area contributed by atoms with Crippen molar-refractivity contribution in [2.24, 2.45) is 11.7 Å². The first-order valence-electron chi connectivity index (χ1n) is 5.12. The Kier molecular flexibility index (Phi) is 4.07. The molecule has 1 atom stereocenters. The smallest absolute Gasteiger partial charge is 0.235 e. The maximum absolute atomic E-state index is 11.1. The number of piperidine rings is 1. The summed E-state index contributed by atoms with van der Waals surface area (Å²) in [5, 5.41) is 0. The molecule has 1 rings (SSSR count). The first-order chi connectivity index (χ1) is 6.65. The summed E-state index contributed by atoms with van der Waals surface area (Å²) in [5.41, 5.74) is 5.25. The molecule has 0 aromatic heterocycles. The number of carbonyl (C=O) groups excluding carboxylic acids is 2. The van der Waals surface area contributed by atoms with Crippen molar-refractivity contribution in [2.45, 2.75) is 32.2 Å². The average Bonchev–Trinajstić information content (AvgIpc) is 2.15. The van der Waals surface area contributed by atoms with Crippen LogP contribution in [0.1, 0.15) is 26.2 Å². The number of primary amides is 1. The third-order valence-electron chi connectivity index (χ3n) is 2.91. The number of rotatable bonds is 4. The van der Waals surface area contributed by atoms with Crippen molar-refractivity contribution in [1.82, 2.24) is 4.90 Å². The van der Waals surface area contributed by atoms with E-state index in [-0.39, 0.29) is 18.4 Å². The molecular formula is C10H18N2O2. The SMILES string of the molecule is CC1CCN(C(CC=O)C(N)=O)CC1. The van der Waals surface area contributed by atoms with E-state index in [1.165, 1.54) is 0 Å². The van der Waals surface area contributed by atoms with Gasteiger partial charge in [0.2, 0.25) is 5.91 Å².